The first-order valence-corrected chi connectivity index (χ1v) is 7.97. The third-order valence-corrected chi connectivity index (χ3v) is 4.01. The lowest BCUT2D eigenvalue weighted by Crippen LogP contribution is -2.02. The quantitative estimate of drug-likeness (QED) is 0.679. The minimum atomic E-state index is -0.754. The molecule has 3 aromatic rings. The molecule has 1 aromatic heterocycles. The van der Waals surface area contributed by atoms with Crippen molar-refractivity contribution in [3.8, 4) is 5.69 Å². The van der Waals surface area contributed by atoms with E-state index in [1.54, 1.807) is 0 Å². The fourth-order valence-electron chi connectivity index (χ4n) is 2.68. The fourth-order valence-corrected chi connectivity index (χ4v) is 2.81. The molecule has 118 valence electrons. The van der Waals surface area contributed by atoms with Gasteiger partial charge < -0.3 is 5.11 Å². The summed E-state index contributed by atoms with van der Waals surface area (Å²) >= 11 is 5.98. The number of hydrogen-bond acceptors (Lipinski definition) is 2. The molecule has 0 aliphatic carbocycles. The molecule has 0 fully saturated rings. The number of imidazole rings is 1. The molecule has 0 radical (unpaired) electrons. The van der Waals surface area contributed by atoms with E-state index in [0.717, 1.165) is 35.4 Å². The molecule has 1 N–H and O–H groups in total. The van der Waals surface area contributed by atoms with Crippen molar-refractivity contribution in [3.63, 3.8) is 0 Å². The molecule has 23 heavy (non-hydrogen) atoms. The SMILES string of the molecule is O=C(O)CCCCc1nc2ccccc2n1-c1ccc(Cl)cc1. The summed E-state index contributed by atoms with van der Waals surface area (Å²) in [6.07, 6.45) is 2.38. The van der Waals surface area contributed by atoms with Gasteiger partial charge >= 0.3 is 5.97 Å². The van der Waals surface area contributed by atoms with Crippen LogP contribution in [0.25, 0.3) is 16.7 Å². The van der Waals surface area contributed by atoms with Gasteiger partial charge in [-0.15, -0.1) is 0 Å². The van der Waals surface area contributed by atoms with E-state index in [1.807, 2.05) is 48.5 Å². The van der Waals surface area contributed by atoms with Crippen LogP contribution in [-0.2, 0) is 11.2 Å². The Labute approximate surface area is 139 Å². The maximum Gasteiger partial charge on any atom is 0.303 e. The van der Waals surface area contributed by atoms with E-state index >= 15 is 0 Å². The number of aromatic nitrogens is 2. The summed E-state index contributed by atoms with van der Waals surface area (Å²) in [5, 5.41) is 9.45. The summed E-state index contributed by atoms with van der Waals surface area (Å²) in [5.41, 5.74) is 3.00. The maximum atomic E-state index is 10.6. The Kier molecular flexibility index (Phi) is 4.63. The van der Waals surface area contributed by atoms with Crippen LogP contribution in [0.3, 0.4) is 0 Å². The molecule has 4 nitrogen and oxygen atoms in total. The Morgan fingerprint density at radius 3 is 2.57 bits per heavy atom. The third-order valence-electron chi connectivity index (χ3n) is 3.76. The largest absolute Gasteiger partial charge is 0.481 e. The first-order valence-electron chi connectivity index (χ1n) is 7.59. The predicted molar refractivity (Wildman–Crippen MR) is 91.3 cm³/mol. The van der Waals surface area contributed by atoms with Gasteiger partial charge in [0.05, 0.1) is 11.0 Å². The molecule has 0 saturated carbocycles. The van der Waals surface area contributed by atoms with Crippen LogP contribution in [0.5, 0.6) is 0 Å². The Balaban J connectivity index is 1.94. The van der Waals surface area contributed by atoms with E-state index in [4.69, 9.17) is 21.7 Å². The second-order valence-electron chi connectivity index (χ2n) is 5.43. The number of para-hydroxylation sites is 2. The van der Waals surface area contributed by atoms with Crippen molar-refractivity contribution in [3.05, 3.63) is 59.4 Å². The van der Waals surface area contributed by atoms with Gasteiger partial charge in [0.25, 0.3) is 0 Å². The van der Waals surface area contributed by atoms with Crippen LogP contribution in [0.2, 0.25) is 5.02 Å². The molecule has 0 bridgehead atoms. The molecule has 3 rings (SSSR count). The highest BCUT2D eigenvalue weighted by Gasteiger charge is 2.12. The first kappa shape index (κ1) is 15.6. The monoisotopic (exact) mass is 328 g/mol. The zero-order chi connectivity index (χ0) is 16.2. The Morgan fingerprint density at radius 2 is 1.83 bits per heavy atom. The third kappa shape index (κ3) is 3.54. The van der Waals surface area contributed by atoms with Gasteiger partial charge in [-0.1, -0.05) is 23.7 Å². The number of aryl methyl sites for hydroxylation is 1. The van der Waals surface area contributed by atoms with Crippen LogP contribution >= 0.6 is 11.6 Å². The lowest BCUT2D eigenvalue weighted by Gasteiger charge is -2.09. The van der Waals surface area contributed by atoms with Crippen molar-refractivity contribution < 1.29 is 9.90 Å². The van der Waals surface area contributed by atoms with Crippen molar-refractivity contribution >= 4 is 28.6 Å². The number of carbonyl (C=O) groups is 1. The van der Waals surface area contributed by atoms with Gasteiger partial charge in [0, 0.05) is 23.6 Å². The van der Waals surface area contributed by atoms with Crippen LogP contribution in [0.15, 0.2) is 48.5 Å². The number of rotatable bonds is 6. The highest BCUT2D eigenvalue weighted by Crippen LogP contribution is 2.24. The minimum Gasteiger partial charge on any atom is -0.481 e. The first-order chi connectivity index (χ1) is 11.1. The molecule has 0 spiro atoms. The van der Waals surface area contributed by atoms with E-state index in [9.17, 15) is 4.79 Å². The zero-order valence-corrected chi connectivity index (χ0v) is 13.3. The number of unbranched alkanes of at least 4 members (excludes halogenated alkanes) is 1. The van der Waals surface area contributed by atoms with Crippen molar-refractivity contribution in [1.29, 1.82) is 0 Å². The summed E-state index contributed by atoms with van der Waals surface area (Å²) in [7, 11) is 0. The van der Waals surface area contributed by atoms with Crippen LogP contribution < -0.4 is 0 Å². The van der Waals surface area contributed by atoms with Gasteiger partial charge in [-0.3, -0.25) is 9.36 Å². The smallest absolute Gasteiger partial charge is 0.303 e. The molecule has 0 aliphatic rings. The van der Waals surface area contributed by atoms with Gasteiger partial charge in [-0.2, -0.15) is 0 Å². The second kappa shape index (κ2) is 6.84. The predicted octanol–water partition coefficient (Wildman–Crippen LogP) is 4.48. The molecule has 0 aliphatic heterocycles. The number of hydrogen-bond donors (Lipinski definition) is 1. The number of carboxylic acids is 1. The topological polar surface area (TPSA) is 55.1 Å². The summed E-state index contributed by atoms with van der Waals surface area (Å²) in [4.78, 5) is 15.3. The molecule has 0 saturated heterocycles. The molecule has 2 aromatic carbocycles. The summed E-state index contributed by atoms with van der Waals surface area (Å²) < 4.78 is 2.12. The number of carboxylic acid groups (broad SMARTS) is 1. The normalized spacial score (nSPS) is 11.0. The Hall–Kier alpha value is -2.33. The average Bonchev–Trinajstić information content (AvgIpc) is 2.90. The van der Waals surface area contributed by atoms with E-state index in [2.05, 4.69) is 4.57 Å². The molecule has 0 unspecified atom stereocenters. The standard InChI is InChI=1S/C18H17ClN2O2/c19-13-9-11-14(12-10-13)21-16-6-2-1-5-15(16)20-17(21)7-3-4-8-18(22)23/h1-2,5-6,9-12H,3-4,7-8H2,(H,22,23). The number of aliphatic carboxylic acids is 1. The molecular formula is C18H17ClN2O2. The molecule has 0 atom stereocenters. The number of fused-ring (bicyclic) bond motifs is 1. The maximum absolute atomic E-state index is 10.6. The Bertz CT molecular complexity index is 825. The van der Waals surface area contributed by atoms with Crippen LogP contribution in [-0.4, -0.2) is 20.6 Å². The number of halogens is 1. The van der Waals surface area contributed by atoms with Crippen molar-refractivity contribution in [2.45, 2.75) is 25.7 Å². The zero-order valence-electron chi connectivity index (χ0n) is 12.6. The van der Waals surface area contributed by atoms with Crippen LogP contribution in [0, 0.1) is 0 Å². The van der Waals surface area contributed by atoms with Crippen LogP contribution in [0.4, 0.5) is 0 Å². The van der Waals surface area contributed by atoms with Crippen LogP contribution in [0.1, 0.15) is 25.1 Å². The van der Waals surface area contributed by atoms with Gasteiger partial charge in [0.1, 0.15) is 5.82 Å². The Morgan fingerprint density at radius 1 is 1.09 bits per heavy atom. The summed E-state index contributed by atoms with van der Waals surface area (Å²) in [6.45, 7) is 0. The van der Waals surface area contributed by atoms with E-state index in [0.29, 0.717) is 11.4 Å². The summed E-state index contributed by atoms with van der Waals surface area (Å²) in [6, 6.07) is 15.6. The molecule has 1 heterocycles. The van der Waals surface area contributed by atoms with Crippen molar-refractivity contribution in [2.24, 2.45) is 0 Å². The van der Waals surface area contributed by atoms with E-state index < -0.39 is 5.97 Å². The molecule has 0 amide bonds. The second-order valence-corrected chi connectivity index (χ2v) is 5.87. The number of nitrogens with zero attached hydrogens (tertiary/aromatic N) is 2. The molecular weight excluding hydrogens is 312 g/mol. The van der Waals surface area contributed by atoms with E-state index in [-0.39, 0.29) is 6.42 Å². The highest BCUT2D eigenvalue weighted by molar-refractivity contribution is 6.30. The van der Waals surface area contributed by atoms with Gasteiger partial charge in [-0.05, 0) is 49.2 Å². The highest BCUT2D eigenvalue weighted by atomic mass is 35.5. The lowest BCUT2D eigenvalue weighted by atomic mass is 10.2. The average molecular weight is 329 g/mol. The van der Waals surface area contributed by atoms with Gasteiger partial charge in [0.15, 0.2) is 0 Å². The van der Waals surface area contributed by atoms with Crippen molar-refractivity contribution in [2.75, 3.05) is 0 Å². The van der Waals surface area contributed by atoms with Gasteiger partial charge in [-0.25, -0.2) is 4.98 Å². The lowest BCUT2D eigenvalue weighted by molar-refractivity contribution is -0.137. The van der Waals surface area contributed by atoms with Gasteiger partial charge in [0.2, 0.25) is 0 Å². The van der Waals surface area contributed by atoms with E-state index in [1.165, 1.54) is 0 Å². The fraction of sp³-hybridized carbons (Fsp3) is 0.222. The molecule has 5 heteroatoms. The van der Waals surface area contributed by atoms with Crippen molar-refractivity contribution in [1.82, 2.24) is 9.55 Å². The summed E-state index contributed by atoms with van der Waals surface area (Å²) in [5.74, 6) is 0.190. The minimum absolute atomic E-state index is 0.196. The number of benzene rings is 2.